The predicted molar refractivity (Wildman–Crippen MR) is 146 cm³/mol. The monoisotopic (exact) mass is 607 g/mol. The molecule has 42 heavy (non-hydrogen) atoms. The number of rotatable bonds is 9. The van der Waals surface area contributed by atoms with Crippen LogP contribution in [0.3, 0.4) is 0 Å². The van der Waals surface area contributed by atoms with Gasteiger partial charge in [0.05, 0.1) is 28.9 Å². The molecule has 1 unspecified atom stereocenters. The van der Waals surface area contributed by atoms with Gasteiger partial charge in [0.2, 0.25) is 10.0 Å². The topological polar surface area (TPSA) is 113 Å². The third kappa shape index (κ3) is 5.72. The van der Waals surface area contributed by atoms with Gasteiger partial charge in [-0.15, -0.1) is 0 Å². The van der Waals surface area contributed by atoms with E-state index in [1.165, 1.54) is 36.4 Å². The minimum atomic E-state index is -5.05. The Morgan fingerprint density at radius 2 is 1.88 bits per heavy atom. The third-order valence-electron chi connectivity index (χ3n) is 8.38. The Bertz CT molecular complexity index is 1640. The van der Waals surface area contributed by atoms with E-state index in [9.17, 15) is 41.0 Å². The zero-order chi connectivity index (χ0) is 30.4. The fraction of sp³-hybridized carbons (Fsp3) is 0.379. The Balaban J connectivity index is 1.45. The molecule has 2 N–H and O–H groups in total. The van der Waals surface area contributed by atoms with Gasteiger partial charge in [0.25, 0.3) is 0 Å². The summed E-state index contributed by atoms with van der Waals surface area (Å²) in [6.45, 7) is 0.444. The number of aromatic nitrogens is 2. The van der Waals surface area contributed by atoms with Gasteiger partial charge in [0.15, 0.2) is 6.10 Å². The molecule has 0 amide bonds. The molecule has 8 nitrogen and oxygen atoms in total. The van der Waals surface area contributed by atoms with E-state index in [1.807, 2.05) is 13.0 Å². The molecule has 2 aromatic carbocycles. The molecule has 13 heteroatoms. The van der Waals surface area contributed by atoms with Gasteiger partial charge in [-0.2, -0.15) is 22.6 Å². The number of fused-ring (bicyclic) bond motifs is 2. The van der Waals surface area contributed by atoms with Crippen molar-refractivity contribution in [2.24, 2.45) is 11.3 Å². The molecule has 0 saturated heterocycles. The molecular weight excluding hydrogens is 578 g/mol. The number of carbonyl (C=O) groups is 1. The number of nitrogens with zero attached hydrogens (tertiary/aromatic N) is 3. The number of carboxylic acids is 1. The summed E-state index contributed by atoms with van der Waals surface area (Å²) in [6.07, 6.45) is -2.80. The number of alkyl halides is 3. The quantitative estimate of drug-likeness (QED) is 0.338. The van der Waals surface area contributed by atoms with Crippen LogP contribution in [0.15, 0.2) is 60.3 Å². The molecular formula is C29H29F4N3O5S. The summed E-state index contributed by atoms with van der Waals surface area (Å²) >= 11 is 0. The molecule has 0 radical (unpaired) electrons. The van der Waals surface area contributed by atoms with Gasteiger partial charge in [0, 0.05) is 13.1 Å². The van der Waals surface area contributed by atoms with Gasteiger partial charge in [-0.3, -0.25) is 0 Å². The van der Waals surface area contributed by atoms with Crippen LogP contribution >= 0.6 is 0 Å². The van der Waals surface area contributed by atoms with Crippen molar-refractivity contribution < 1.29 is 41.0 Å². The van der Waals surface area contributed by atoms with E-state index < -0.39 is 51.9 Å². The van der Waals surface area contributed by atoms with Crippen LogP contribution in [0.4, 0.5) is 17.6 Å². The normalized spacial score (nSPS) is 21.1. The van der Waals surface area contributed by atoms with E-state index in [2.05, 4.69) is 5.10 Å². The molecule has 2 aliphatic rings. The number of benzene rings is 2. The van der Waals surface area contributed by atoms with E-state index in [0.717, 1.165) is 16.8 Å². The zero-order valence-corrected chi connectivity index (χ0v) is 23.4. The van der Waals surface area contributed by atoms with Crippen molar-refractivity contribution in [1.82, 2.24) is 14.1 Å². The first-order valence-corrected chi connectivity index (χ1v) is 14.9. The Morgan fingerprint density at radius 1 is 1.19 bits per heavy atom. The lowest BCUT2D eigenvalue weighted by atomic mass is 9.70. The van der Waals surface area contributed by atoms with Crippen LogP contribution in [0.1, 0.15) is 46.9 Å². The number of hydrogen-bond acceptors (Lipinski definition) is 5. The summed E-state index contributed by atoms with van der Waals surface area (Å²) in [7, 11) is -4.49. The lowest BCUT2D eigenvalue weighted by Gasteiger charge is -2.38. The van der Waals surface area contributed by atoms with Gasteiger partial charge in [0.1, 0.15) is 5.82 Å². The molecule has 0 aliphatic heterocycles. The standard InChI is InChI=1S/C29H29F4N3O5S/c1-28-13-19-14-34-36(23-10-8-22(30)9-11-23)25(19)12-20(28)6-7-21(28)15-35(16-26(37)29(31,32)33)42(40,41)17-18-4-2-3-5-24(18)27(38)39/h2-5,8-12,14,21,26,37H,6-7,13,15-17H2,1H3,(H,38,39)/t21-,26?,28+/m1/s1. The van der Waals surface area contributed by atoms with E-state index in [-0.39, 0.29) is 23.5 Å². The number of hydrogen-bond donors (Lipinski definition) is 2. The number of aliphatic hydroxyl groups excluding tert-OH is 1. The van der Waals surface area contributed by atoms with Gasteiger partial charge in [-0.05, 0) is 78.1 Å². The largest absolute Gasteiger partial charge is 0.478 e. The fourth-order valence-electron chi connectivity index (χ4n) is 6.00. The molecule has 3 aromatic rings. The van der Waals surface area contributed by atoms with E-state index in [4.69, 9.17) is 0 Å². The SMILES string of the molecule is C[C@]12Cc3cnn(-c4ccc(F)cc4)c3C=C1CC[C@@H]2CN(CC(O)C(F)(F)F)S(=O)(=O)Cc1ccccc1C(=O)O. The van der Waals surface area contributed by atoms with Crippen molar-refractivity contribution >= 4 is 22.1 Å². The molecule has 2 aliphatic carbocycles. The highest BCUT2D eigenvalue weighted by Crippen LogP contribution is 2.53. The highest BCUT2D eigenvalue weighted by Gasteiger charge is 2.48. The van der Waals surface area contributed by atoms with Crippen LogP contribution in [0, 0.1) is 17.2 Å². The molecule has 1 fully saturated rings. The van der Waals surface area contributed by atoms with E-state index in [0.29, 0.717) is 29.3 Å². The highest BCUT2D eigenvalue weighted by molar-refractivity contribution is 7.88. The Morgan fingerprint density at radius 3 is 2.55 bits per heavy atom. The van der Waals surface area contributed by atoms with Crippen LogP contribution in [0.25, 0.3) is 11.8 Å². The summed E-state index contributed by atoms with van der Waals surface area (Å²) < 4.78 is 83.1. The van der Waals surface area contributed by atoms with Crippen LogP contribution in [-0.4, -0.2) is 64.1 Å². The maximum Gasteiger partial charge on any atom is 0.415 e. The second kappa shape index (κ2) is 10.9. The van der Waals surface area contributed by atoms with Crippen LogP contribution in [0.2, 0.25) is 0 Å². The van der Waals surface area contributed by atoms with Crippen molar-refractivity contribution in [3.05, 3.63) is 88.5 Å². The summed E-state index contributed by atoms with van der Waals surface area (Å²) in [5, 5.41) is 23.8. The summed E-state index contributed by atoms with van der Waals surface area (Å²) in [6, 6.07) is 11.3. The lowest BCUT2D eigenvalue weighted by molar-refractivity contribution is -0.205. The van der Waals surface area contributed by atoms with Crippen LogP contribution < -0.4 is 0 Å². The Hall–Kier alpha value is -3.55. The van der Waals surface area contributed by atoms with Crippen LogP contribution in [-0.2, 0) is 22.2 Å². The van der Waals surface area contributed by atoms with Crippen molar-refractivity contribution in [1.29, 1.82) is 0 Å². The predicted octanol–water partition coefficient (Wildman–Crippen LogP) is 4.82. The minimum Gasteiger partial charge on any atom is -0.478 e. The van der Waals surface area contributed by atoms with Crippen molar-refractivity contribution in [3.8, 4) is 5.69 Å². The highest BCUT2D eigenvalue weighted by atomic mass is 32.2. The first-order chi connectivity index (χ1) is 19.7. The molecule has 0 bridgehead atoms. The van der Waals surface area contributed by atoms with E-state index >= 15 is 0 Å². The maximum atomic E-state index is 13.6. The first kappa shape index (κ1) is 29.9. The molecule has 1 saturated carbocycles. The minimum absolute atomic E-state index is 0.0646. The molecule has 3 atom stereocenters. The number of sulfonamides is 1. The fourth-order valence-corrected chi connectivity index (χ4v) is 7.60. The summed E-state index contributed by atoms with van der Waals surface area (Å²) in [5.74, 6) is -2.97. The molecule has 1 heterocycles. The molecule has 1 aromatic heterocycles. The average Bonchev–Trinajstić information content (AvgIpc) is 3.46. The second-order valence-corrected chi connectivity index (χ2v) is 13.0. The number of allylic oxidation sites excluding steroid dienone is 1. The zero-order valence-electron chi connectivity index (χ0n) is 22.6. The third-order valence-corrected chi connectivity index (χ3v) is 10.1. The number of halogens is 4. The Labute approximate surface area is 239 Å². The van der Waals surface area contributed by atoms with Crippen molar-refractivity contribution in [2.45, 2.75) is 44.2 Å². The molecule has 0 spiro atoms. The number of carboxylic acid groups (broad SMARTS) is 1. The second-order valence-electron chi connectivity index (χ2n) is 11.0. The Kier molecular flexibility index (Phi) is 7.79. The number of aliphatic hydroxyl groups is 1. The van der Waals surface area contributed by atoms with Gasteiger partial charge in [-0.25, -0.2) is 22.3 Å². The lowest BCUT2D eigenvalue weighted by Crippen LogP contribution is -2.47. The summed E-state index contributed by atoms with van der Waals surface area (Å²) in [5.41, 5.74) is 2.38. The van der Waals surface area contributed by atoms with E-state index in [1.54, 1.807) is 23.0 Å². The average molecular weight is 608 g/mol. The molecule has 224 valence electrons. The smallest absolute Gasteiger partial charge is 0.415 e. The first-order valence-electron chi connectivity index (χ1n) is 13.3. The van der Waals surface area contributed by atoms with Crippen molar-refractivity contribution in [3.63, 3.8) is 0 Å². The summed E-state index contributed by atoms with van der Waals surface area (Å²) in [4.78, 5) is 11.6. The molecule has 5 rings (SSSR count). The van der Waals surface area contributed by atoms with Gasteiger partial charge < -0.3 is 10.2 Å². The van der Waals surface area contributed by atoms with Gasteiger partial charge in [-0.1, -0.05) is 30.7 Å². The van der Waals surface area contributed by atoms with Crippen LogP contribution in [0.5, 0.6) is 0 Å². The maximum absolute atomic E-state index is 13.6. The number of aromatic carboxylic acids is 1. The van der Waals surface area contributed by atoms with Gasteiger partial charge >= 0.3 is 12.1 Å². The van der Waals surface area contributed by atoms with Crippen molar-refractivity contribution in [2.75, 3.05) is 13.1 Å².